The van der Waals surface area contributed by atoms with E-state index in [2.05, 4.69) is 15.9 Å². The maximum absolute atomic E-state index is 11.9. The molecule has 0 spiro atoms. The molecule has 1 heterocycles. The number of ether oxygens (including phenoxy) is 2. The van der Waals surface area contributed by atoms with Crippen LogP contribution >= 0.6 is 15.9 Å². The van der Waals surface area contributed by atoms with Gasteiger partial charge in [-0.05, 0) is 18.2 Å². The minimum absolute atomic E-state index is 0.0224. The van der Waals surface area contributed by atoms with E-state index in [0.717, 1.165) is 0 Å². The number of aromatic carboxylic acids is 1. The van der Waals surface area contributed by atoms with Crippen molar-refractivity contribution < 1.29 is 24.2 Å². The monoisotopic (exact) mass is 343 g/mol. The lowest BCUT2D eigenvalue weighted by Crippen LogP contribution is -2.43. The van der Waals surface area contributed by atoms with Crippen molar-refractivity contribution in [1.29, 1.82) is 0 Å². The van der Waals surface area contributed by atoms with Crippen molar-refractivity contribution >= 4 is 27.8 Å². The summed E-state index contributed by atoms with van der Waals surface area (Å²) in [6, 6.07) is 4.64. The highest BCUT2D eigenvalue weighted by Crippen LogP contribution is 2.23. The summed E-state index contributed by atoms with van der Waals surface area (Å²) in [6.45, 7) is 1.93. The number of benzene rings is 1. The lowest BCUT2D eigenvalue weighted by molar-refractivity contribution is -0.137. The number of rotatable bonds is 4. The van der Waals surface area contributed by atoms with Crippen molar-refractivity contribution in [1.82, 2.24) is 4.90 Å². The van der Waals surface area contributed by atoms with Gasteiger partial charge in [0.25, 0.3) is 5.91 Å². The van der Waals surface area contributed by atoms with Crippen molar-refractivity contribution in [3.8, 4) is 5.75 Å². The molecule has 6 nitrogen and oxygen atoms in total. The number of carboxylic acids is 1. The normalized spacial score (nSPS) is 14.9. The highest BCUT2D eigenvalue weighted by atomic mass is 79.9. The molecule has 1 aromatic carbocycles. The highest BCUT2D eigenvalue weighted by molar-refractivity contribution is 9.10. The zero-order chi connectivity index (χ0) is 14.5. The molecule has 1 N–H and O–H groups in total. The van der Waals surface area contributed by atoms with E-state index in [4.69, 9.17) is 14.6 Å². The van der Waals surface area contributed by atoms with Crippen LogP contribution in [0.1, 0.15) is 10.4 Å². The molecule has 20 heavy (non-hydrogen) atoms. The van der Waals surface area contributed by atoms with Crippen molar-refractivity contribution in [3.63, 3.8) is 0 Å². The Morgan fingerprint density at radius 3 is 2.70 bits per heavy atom. The van der Waals surface area contributed by atoms with Crippen LogP contribution in [0.25, 0.3) is 0 Å². The third kappa shape index (κ3) is 3.71. The van der Waals surface area contributed by atoms with Gasteiger partial charge in [-0.25, -0.2) is 4.79 Å². The minimum atomic E-state index is -1.10. The molecule has 0 atom stereocenters. The van der Waals surface area contributed by atoms with Crippen molar-refractivity contribution in [3.05, 3.63) is 28.2 Å². The Hall–Kier alpha value is -1.60. The van der Waals surface area contributed by atoms with Gasteiger partial charge in [-0.2, -0.15) is 0 Å². The zero-order valence-corrected chi connectivity index (χ0v) is 12.3. The van der Waals surface area contributed by atoms with E-state index in [9.17, 15) is 9.59 Å². The van der Waals surface area contributed by atoms with Gasteiger partial charge in [-0.1, -0.05) is 15.9 Å². The molecule has 0 aromatic heterocycles. The summed E-state index contributed by atoms with van der Waals surface area (Å²) < 4.78 is 11.1. The molecule has 7 heteroatoms. The Morgan fingerprint density at radius 1 is 1.35 bits per heavy atom. The van der Waals surface area contributed by atoms with Crippen LogP contribution in [-0.4, -0.2) is 54.8 Å². The van der Waals surface area contributed by atoms with E-state index < -0.39 is 5.97 Å². The summed E-state index contributed by atoms with van der Waals surface area (Å²) in [4.78, 5) is 24.7. The van der Waals surface area contributed by atoms with E-state index >= 15 is 0 Å². The van der Waals surface area contributed by atoms with Gasteiger partial charge in [-0.15, -0.1) is 0 Å². The van der Waals surface area contributed by atoms with E-state index in [-0.39, 0.29) is 23.8 Å². The van der Waals surface area contributed by atoms with Gasteiger partial charge in [0.15, 0.2) is 6.61 Å². The van der Waals surface area contributed by atoms with Crippen LogP contribution in [0.5, 0.6) is 5.75 Å². The number of morpholine rings is 1. The van der Waals surface area contributed by atoms with Crippen molar-refractivity contribution in [2.75, 3.05) is 32.9 Å². The first kappa shape index (κ1) is 14.8. The van der Waals surface area contributed by atoms with Crippen LogP contribution in [0, 0.1) is 0 Å². The smallest absolute Gasteiger partial charge is 0.339 e. The summed E-state index contributed by atoms with van der Waals surface area (Å²) >= 11 is 3.20. The Morgan fingerprint density at radius 2 is 2.05 bits per heavy atom. The second kappa shape index (κ2) is 6.71. The molecule has 0 aliphatic carbocycles. The summed E-state index contributed by atoms with van der Waals surface area (Å²) in [5.74, 6) is -1.09. The van der Waals surface area contributed by atoms with Crippen molar-refractivity contribution in [2.45, 2.75) is 0 Å². The van der Waals surface area contributed by atoms with Crippen LogP contribution in [0.3, 0.4) is 0 Å². The summed E-state index contributed by atoms with van der Waals surface area (Å²) in [7, 11) is 0. The van der Waals surface area contributed by atoms with Gasteiger partial charge in [0.05, 0.1) is 13.2 Å². The maximum Gasteiger partial charge on any atom is 0.339 e. The molecule has 1 aromatic rings. The molecule has 0 bridgehead atoms. The number of halogens is 1. The number of nitrogens with zero attached hydrogens (tertiary/aromatic N) is 1. The van der Waals surface area contributed by atoms with Gasteiger partial charge in [0.2, 0.25) is 0 Å². The zero-order valence-electron chi connectivity index (χ0n) is 10.7. The molecule has 1 aliphatic rings. The summed E-state index contributed by atoms with van der Waals surface area (Å²) in [5, 5.41) is 9.09. The van der Waals surface area contributed by atoms with Crippen molar-refractivity contribution in [2.24, 2.45) is 0 Å². The molecule has 1 fully saturated rings. The van der Waals surface area contributed by atoms with Crippen LogP contribution in [0.4, 0.5) is 0 Å². The molecule has 2 rings (SSSR count). The van der Waals surface area contributed by atoms with Gasteiger partial charge < -0.3 is 19.5 Å². The fourth-order valence-electron chi connectivity index (χ4n) is 1.84. The lowest BCUT2D eigenvalue weighted by Gasteiger charge is -2.26. The summed E-state index contributed by atoms with van der Waals surface area (Å²) in [5.41, 5.74) is 0.0224. The minimum Gasteiger partial charge on any atom is -0.483 e. The molecule has 1 amide bonds. The molecule has 0 radical (unpaired) electrons. The number of carbonyl (C=O) groups excluding carboxylic acids is 1. The van der Waals surface area contributed by atoms with Gasteiger partial charge in [-0.3, -0.25) is 4.79 Å². The maximum atomic E-state index is 11.9. The van der Waals surface area contributed by atoms with E-state index in [1.807, 2.05) is 0 Å². The first-order valence-corrected chi connectivity index (χ1v) is 6.88. The predicted octanol–water partition coefficient (Wildman–Crippen LogP) is 1.38. The molecule has 1 aliphatic heterocycles. The lowest BCUT2D eigenvalue weighted by atomic mass is 10.2. The van der Waals surface area contributed by atoms with E-state index in [1.165, 1.54) is 12.1 Å². The molecule has 1 saturated heterocycles. The highest BCUT2D eigenvalue weighted by Gasteiger charge is 2.18. The molecule has 108 valence electrons. The second-order valence-electron chi connectivity index (χ2n) is 4.23. The first-order valence-electron chi connectivity index (χ1n) is 6.09. The average molecular weight is 344 g/mol. The van der Waals surface area contributed by atoms with Gasteiger partial charge in [0.1, 0.15) is 11.3 Å². The van der Waals surface area contributed by atoms with Gasteiger partial charge >= 0.3 is 5.97 Å². The van der Waals surface area contributed by atoms with Gasteiger partial charge in [0, 0.05) is 17.6 Å². The van der Waals surface area contributed by atoms with Crippen LogP contribution in [-0.2, 0) is 9.53 Å². The Balaban J connectivity index is 1.99. The number of carbonyl (C=O) groups is 2. The Bertz CT molecular complexity index is 513. The summed E-state index contributed by atoms with van der Waals surface area (Å²) in [6.07, 6.45) is 0. The number of carboxylic acid groups (broad SMARTS) is 1. The largest absolute Gasteiger partial charge is 0.483 e. The van der Waals surface area contributed by atoms with E-state index in [0.29, 0.717) is 30.8 Å². The quantitative estimate of drug-likeness (QED) is 0.893. The fourth-order valence-corrected chi connectivity index (χ4v) is 2.20. The third-order valence-electron chi connectivity index (χ3n) is 2.89. The molecule has 0 saturated carbocycles. The SMILES string of the molecule is O=C(O)c1cc(Br)ccc1OCC(=O)N1CCOCC1. The Kier molecular flexibility index (Phi) is 4.97. The Labute approximate surface area is 124 Å². The van der Waals surface area contributed by atoms with E-state index in [1.54, 1.807) is 11.0 Å². The van der Waals surface area contributed by atoms with Crippen LogP contribution in [0.15, 0.2) is 22.7 Å². The fraction of sp³-hybridized carbons (Fsp3) is 0.385. The third-order valence-corrected chi connectivity index (χ3v) is 3.38. The first-order chi connectivity index (χ1) is 9.58. The molecular weight excluding hydrogens is 330 g/mol. The van der Waals surface area contributed by atoms with Crippen LogP contribution in [0.2, 0.25) is 0 Å². The standard InChI is InChI=1S/C13H14BrNO5/c14-9-1-2-11(10(7-9)13(17)18)20-8-12(16)15-3-5-19-6-4-15/h1-2,7H,3-6,8H2,(H,17,18). The number of hydrogen-bond acceptors (Lipinski definition) is 4. The number of amides is 1. The average Bonchev–Trinajstić information content (AvgIpc) is 2.46. The number of hydrogen-bond donors (Lipinski definition) is 1. The topological polar surface area (TPSA) is 76.1 Å². The molecule has 0 unspecified atom stereocenters. The van der Waals surface area contributed by atoms with Crippen LogP contribution < -0.4 is 4.74 Å². The molecular formula is C13H14BrNO5. The second-order valence-corrected chi connectivity index (χ2v) is 5.14. The predicted molar refractivity (Wildman–Crippen MR) is 74.0 cm³/mol.